The summed E-state index contributed by atoms with van der Waals surface area (Å²) in [4.78, 5) is 0. The zero-order chi connectivity index (χ0) is 10.6. The van der Waals surface area contributed by atoms with Crippen molar-refractivity contribution in [2.24, 2.45) is 0 Å². The van der Waals surface area contributed by atoms with E-state index in [0.717, 1.165) is 12.0 Å². The van der Waals surface area contributed by atoms with E-state index in [1.807, 2.05) is 19.1 Å². The molecule has 3 nitrogen and oxygen atoms in total. The summed E-state index contributed by atoms with van der Waals surface area (Å²) in [5.74, 6) is 0.294. The molecule has 1 aromatic rings. The van der Waals surface area contributed by atoms with Gasteiger partial charge in [0, 0.05) is 0 Å². The third kappa shape index (κ3) is 3.20. The van der Waals surface area contributed by atoms with Crippen molar-refractivity contribution in [1.82, 2.24) is 0 Å². The molecule has 0 radical (unpaired) electrons. The number of benzene rings is 1. The van der Waals surface area contributed by atoms with Crippen molar-refractivity contribution in [2.75, 3.05) is 5.21 Å². The minimum atomic E-state index is -3.63. The van der Waals surface area contributed by atoms with Crippen LogP contribution in [0.3, 0.4) is 0 Å². The van der Waals surface area contributed by atoms with E-state index in [2.05, 4.69) is 0 Å². The largest absolute Gasteiger partial charge is 0.382 e. The van der Waals surface area contributed by atoms with E-state index in [-0.39, 0.29) is 0 Å². The van der Waals surface area contributed by atoms with Gasteiger partial charge in [-0.25, -0.2) is 0 Å². The number of hydrogen-bond acceptors (Lipinski definition) is 3. The topological polar surface area (TPSA) is 43.4 Å². The highest BCUT2D eigenvalue weighted by molar-refractivity contribution is 7.88. The Morgan fingerprint density at radius 3 is 2.29 bits per heavy atom. The van der Waals surface area contributed by atoms with Gasteiger partial charge in [0.05, 0.1) is 0 Å². The first-order valence-electron chi connectivity index (χ1n) is 4.14. The molecule has 0 aromatic heterocycles. The summed E-state index contributed by atoms with van der Waals surface area (Å²) in [5, 5.41) is -0.539. The van der Waals surface area contributed by atoms with E-state index in [1.54, 1.807) is 12.1 Å². The van der Waals surface area contributed by atoms with Crippen molar-refractivity contribution in [3.8, 4) is 5.75 Å². The smallest absolute Gasteiger partial charge is 0.323 e. The molecule has 1 aromatic carbocycles. The zero-order valence-corrected chi connectivity index (χ0v) is 9.31. The van der Waals surface area contributed by atoms with Crippen molar-refractivity contribution in [2.45, 2.75) is 13.3 Å². The Balaban J connectivity index is 2.79. The van der Waals surface area contributed by atoms with Crippen LogP contribution in [-0.4, -0.2) is 13.6 Å². The summed E-state index contributed by atoms with van der Waals surface area (Å²) < 4.78 is 26.6. The van der Waals surface area contributed by atoms with Gasteiger partial charge in [-0.3, -0.25) is 0 Å². The maximum Gasteiger partial charge on any atom is 0.323 e. The minimum absolute atomic E-state index is 0.294. The molecular formula is C9H11ClO3S. The van der Waals surface area contributed by atoms with E-state index in [9.17, 15) is 8.42 Å². The Bertz CT molecular complexity index is 383. The molecule has 0 spiro atoms. The van der Waals surface area contributed by atoms with Gasteiger partial charge in [-0.15, -0.1) is 11.6 Å². The second kappa shape index (κ2) is 4.66. The Kier molecular flexibility index (Phi) is 3.77. The van der Waals surface area contributed by atoms with Crippen LogP contribution in [0.1, 0.15) is 12.5 Å². The Labute approximate surface area is 88.8 Å². The monoisotopic (exact) mass is 234 g/mol. The molecule has 78 valence electrons. The molecule has 0 unspecified atom stereocenters. The molecule has 0 aliphatic rings. The fourth-order valence-corrected chi connectivity index (χ4v) is 1.53. The maximum absolute atomic E-state index is 11.0. The summed E-state index contributed by atoms with van der Waals surface area (Å²) in [6, 6.07) is 6.87. The standard InChI is InChI=1S/C9H11ClO3S/c1-2-8-3-5-9(6-4-8)13-14(11,12)7-10/h3-6H,2,7H2,1H3. The van der Waals surface area contributed by atoms with Gasteiger partial charge in [0.1, 0.15) is 5.75 Å². The van der Waals surface area contributed by atoms with Gasteiger partial charge in [0.25, 0.3) is 0 Å². The van der Waals surface area contributed by atoms with Crippen molar-refractivity contribution in [3.05, 3.63) is 29.8 Å². The fourth-order valence-electron chi connectivity index (χ4n) is 0.950. The third-order valence-electron chi connectivity index (χ3n) is 1.69. The molecule has 0 aliphatic carbocycles. The van der Waals surface area contributed by atoms with Crippen LogP contribution in [0, 0.1) is 0 Å². The van der Waals surface area contributed by atoms with Gasteiger partial charge in [-0.2, -0.15) is 8.42 Å². The Morgan fingerprint density at radius 1 is 1.29 bits per heavy atom. The lowest BCUT2D eigenvalue weighted by molar-refractivity contribution is 0.491. The average Bonchev–Trinajstić information content (AvgIpc) is 2.19. The maximum atomic E-state index is 11.0. The zero-order valence-electron chi connectivity index (χ0n) is 7.73. The Hall–Kier alpha value is -0.740. The van der Waals surface area contributed by atoms with Crippen LogP contribution < -0.4 is 4.18 Å². The van der Waals surface area contributed by atoms with Crippen LogP contribution in [0.5, 0.6) is 5.75 Å². The van der Waals surface area contributed by atoms with Crippen LogP contribution >= 0.6 is 11.6 Å². The van der Waals surface area contributed by atoms with Crippen LogP contribution in [-0.2, 0) is 16.5 Å². The van der Waals surface area contributed by atoms with Gasteiger partial charge in [-0.05, 0) is 24.1 Å². The van der Waals surface area contributed by atoms with E-state index in [1.165, 1.54) is 0 Å². The SMILES string of the molecule is CCc1ccc(OS(=O)(=O)CCl)cc1. The van der Waals surface area contributed by atoms with E-state index in [4.69, 9.17) is 15.8 Å². The number of alkyl halides is 1. The van der Waals surface area contributed by atoms with Crippen molar-refractivity contribution in [1.29, 1.82) is 0 Å². The predicted molar refractivity (Wildman–Crippen MR) is 56.1 cm³/mol. The van der Waals surface area contributed by atoms with Crippen LogP contribution in [0.4, 0.5) is 0 Å². The van der Waals surface area contributed by atoms with Gasteiger partial charge in [0.15, 0.2) is 5.21 Å². The molecule has 0 amide bonds. The number of aryl methyl sites for hydroxylation is 1. The lowest BCUT2D eigenvalue weighted by Crippen LogP contribution is -2.09. The molecule has 5 heteroatoms. The molecule has 0 aliphatic heterocycles. The second-order valence-corrected chi connectivity index (χ2v) is 4.90. The van der Waals surface area contributed by atoms with Crippen molar-refractivity contribution in [3.63, 3.8) is 0 Å². The number of halogens is 1. The fraction of sp³-hybridized carbons (Fsp3) is 0.333. The Morgan fingerprint density at radius 2 is 1.86 bits per heavy atom. The first kappa shape index (κ1) is 11.3. The number of rotatable bonds is 4. The normalized spacial score (nSPS) is 11.3. The number of hydrogen-bond donors (Lipinski definition) is 0. The van der Waals surface area contributed by atoms with Crippen LogP contribution in [0.2, 0.25) is 0 Å². The molecule has 0 bridgehead atoms. The first-order chi connectivity index (χ1) is 6.57. The molecule has 0 fully saturated rings. The molecule has 1 rings (SSSR count). The molecule has 0 saturated carbocycles. The van der Waals surface area contributed by atoms with Crippen LogP contribution in [0.15, 0.2) is 24.3 Å². The average molecular weight is 235 g/mol. The second-order valence-electron chi connectivity index (χ2n) is 2.75. The van der Waals surface area contributed by atoms with Crippen molar-refractivity contribution < 1.29 is 12.6 Å². The van der Waals surface area contributed by atoms with Crippen LogP contribution in [0.25, 0.3) is 0 Å². The predicted octanol–water partition coefficient (Wildman–Crippen LogP) is 2.15. The minimum Gasteiger partial charge on any atom is -0.382 e. The highest BCUT2D eigenvalue weighted by Gasteiger charge is 2.09. The molecule has 0 heterocycles. The van der Waals surface area contributed by atoms with E-state index >= 15 is 0 Å². The highest BCUT2D eigenvalue weighted by Crippen LogP contribution is 2.15. The molecule has 0 saturated heterocycles. The lowest BCUT2D eigenvalue weighted by Gasteiger charge is -2.04. The molecule has 14 heavy (non-hydrogen) atoms. The molecular weight excluding hydrogens is 224 g/mol. The molecule has 0 atom stereocenters. The quantitative estimate of drug-likeness (QED) is 0.592. The van der Waals surface area contributed by atoms with Gasteiger partial charge in [0.2, 0.25) is 0 Å². The summed E-state index contributed by atoms with van der Waals surface area (Å²) in [5.41, 5.74) is 1.13. The first-order valence-corrected chi connectivity index (χ1v) is 6.25. The van der Waals surface area contributed by atoms with Gasteiger partial charge in [-0.1, -0.05) is 19.1 Å². The summed E-state index contributed by atoms with van der Waals surface area (Å²) in [6.45, 7) is 2.02. The summed E-state index contributed by atoms with van der Waals surface area (Å²) in [7, 11) is -3.63. The summed E-state index contributed by atoms with van der Waals surface area (Å²) >= 11 is 5.19. The van der Waals surface area contributed by atoms with E-state index in [0.29, 0.717) is 5.75 Å². The van der Waals surface area contributed by atoms with Crippen molar-refractivity contribution >= 4 is 21.7 Å². The van der Waals surface area contributed by atoms with E-state index < -0.39 is 15.3 Å². The molecule has 0 N–H and O–H groups in total. The third-order valence-corrected chi connectivity index (χ3v) is 3.20. The van der Waals surface area contributed by atoms with Gasteiger partial charge < -0.3 is 4.18 Å². The lowest BCUT2D eigenvalue weighted by atomic mass is 10.2. The van der Waals surface area contributed by atoms with Gasteiger partial charge >= 0.3 is 10.1 Å². The highest BCUT2D eigenvalue weighted by atomic mass is 35.5. The summed E-state index contributed by atoms with van der Waals surface area (Å²) in [6.07, 6.45) is 0.905.